The summed E-state index contributed by atoms with van der Waals surface area (Å²) in [6, 6.07) is 15.4. The standard InChI is InChI=1S/C25H24N6O4/c1-16-12-28-25(31(24(16)30-35-25)19-6-8-21-20(11-19)27-15-34-21)29-18-5-7-22(32-2)23(10-18)33-14-17-4-3-9-26-13-17/h3-13,27,29-30H,14-15H2,1-2H3. The number of ether oxygens (including phenoxy) is 3. The number of pyridine rings is 1. The third-order valence-electron chi connectivity index (χ3n) is 5.92. The van der Waals surface area contributed by atoms with Gasteiger partial charge in [0, 0.05) is 41.5 Å². The van der Waals surface area contributed by atoms with Crippen molar-refractivity contribution in [3.63, 3.8) is 0 Å². The summed E-state index contributed by atoms with van der Waals surface area (Å²) in [5, 5.41) is 6.65. The second-order valence-corrected chi connectivity index (χ2v) is 8.22. The maximum atomic E-state index is 6.05. The van der Waals surface area contributed by atoms with Gasteiger partial charge in [0.15, 0.2) is 18.2 Å². The summed E-state index contributed by atoms with van der Waals surface area (Å²) in [6.45, 7) is 2.78. The molecule has 1 atom stereocenters. The molecule has 1 unspecified atom stereocenters. The minimum absolute atomic E-state index is 0.359. The average Bonchev–Trinajstić information content (AvgIpc) is 3.47. The maximum Gasteiger partial charge on any atom is 0.351 e. The number of nitrogens with one attached hydrogen (secondary N) is 3. The van der Waals surface area contributed by atoms with Crippen molar-refractivity contribution in [2.24, 2.45) is 4.99 Å². The van der Waals surface area contributed by atoms with E-state index in [0.717, 1.165) is 39.8 Å². The molecule has 35 heavy (non-hydrogen) atoms. The minimum Gasteiger partial charge on any atom is -0.493 e. The van der Waals surface area contributed by atoms with E-state index in [1.807, 2.05) is 60.4 Å². The zero-order valence-corrected chi connectivity index (χ0v) is 19.2. The molecule has 3 aliphatic rings. The SMILES string of the molecule is COc1ccc(NC23N=CC(C)=C(NO2)N3c2ccc3c(c2)NCO3)cc1OCc1cccnc1. The number of anilines is 3. The quantitative estimate of drug-likeness (QED) is 0.474. The van der Waals surface area contributed by atoms with Crippen LogP contribution in [0.15, 0.2) is 77.3 Å². The predicted molar refractivity (Wildman–Crippen MR) is 131 cm³/mol. The Balaban J connectivity index is 1.31. The minimum atomic E-state index is -1.24. The van der Waals surface area contributed by atoms with Crippen LogP contribution in [0.3, 0.4) is 0 Å². The second kappa shape index (κ2) is 8.41. The smallest absolute Gasteiger partial charge is 0.351 e. The Bertz CT molecular complexity index is 1330. The largest absolute Gasteiger partial charge is 0.493 e. The molecular formula is C25H24N6O4. The van der Waals surface area contributed by atoms with Crippen molar-refractivity contribution in [3.8, 4) is 17.2 Å². The Labute approximate surface area is 202 Å². The molecule has 0 saturated carbocycles. The van der Waals surface area contributed by atoms with Gasteiger partial charge >= 0.3 is 5.97 Å². The van der Waals surface area contributed by atoms with Gasteiger partial charge in [-0.3, -0.25) is 9.88 Å². The highest BCUT2D eigenvalue weighted by Crippen LogP contribution is 2.42. The van der Waals surface area contributed by atoms with Crippen molar-refractivity contribution in [2.75, 3.05) is 29.4 Å². The Hall–Kier alpha value is -4.44. The van der Waals surface area contributed by atoms with Crippen molar-refractivity contribution in [3.05, 3.63) is 77.9 Å². The van der Waals surface area contributed by atoms with E-state index in [4.69, 9.17) is 24.0 Å². The number of benzene rings is 2. The Morgan fingerprint density at radius 1 is 1.17 bits per heavy atom. The Morgan fingerprint density at radius 2 is 2.11 bits per heavy atom. The van der Waals surface area contributed by atoms with Gasteiger partial charge in [0.05, 0.1) is 18.5 Å². The molecule has 1 saturated heterocycles. The third-order valence-corrected chi connectivity index (χ3v) is 5.92. The molecule has 0 amide bonds. The van der Waals surface area contributed by atoms with E-state index in [0.29, 0.717) is 24.8 Å². The van der Waals surface area contributed by atoms with Gasteiger partial charge in [0.1, 0.15) is 18.2 Å². The van der Waals surface area contributed by atoms with Crippen LogP contribution < -0.4 is 35.2 Å². The van der Waals surface area contributed by atoms with Gasteiger partial charge in [-0.1, -0.05) is 6.07 Å². The lowest BCUT2D eigenvalue weighted by Crippen LogP contribution is -2.51. The summed E-state index contributed by atoms with van der Waals surface area (Å²) in [5.41, 5.74) is 7.47. The average molecular weight is 473 g/mol. The summed E-state index contributed by atoms with van der Waals surface area (Å²) in [5.74, 6) is 1.58. The first-order chi connectivity index (χ1) is 17.1. The molecule has 1 aromatic heterocycles. The Kier molecular flexibility index (Phi) is 5.07. The first-order valence-corrected chi connectivity index (χ1v) is 11.1. The van der Waals surface area contributed by atoms with Crippen LogP contribution in [-0.4, -0.2) is 31.0 Å². The molecular weight excluding hydrogens is 448 g/mol. The summed E-state index contributed by atoms with van der Waals surface area (Å²) in [6.07, 6.45) is 5.29. The molecule has 0 spiro atoms. The van der Waals surface area contributed by atoms with Crippen LogP contribution >= 0.6 is 0 Å². The van der Waals surface area contributed by atoms with E-state index < -0.39 is 5.97 Å². The lowest BCUT2D eigenvalue weighted by molar-refractivity contribution is -0.0214. The zero-order valence-electron chi connectivity index (χ0n) is 19.2. The monoisotopic (exact) mass is 472 g/mol. The van der Waals surface area contributed by atoms with Crippen LogP contribution in [0.4, 0.5) is 17.1 Å². The van der Waals surface area contributed by atoms with Crippen molar-refractivity contribution < 1.29 is 19.0 Å². The number of methoxy groups -OCH3 is 1. The number of fused-ring (bicyclic) bond motifs is 3. The third kappa shape index (κ3) is 3.73. The molecule has 10 heteroatoms. The maximum absolute atomic E-state index is 6.05. The summed E-state index contributed by atoms with van der Waals surface area (Å²) in [4.78, 5) is 16.9. The molecule has 0 aliphatic carbocycles. The number of aromatic nitrogens is 1. The molecule has 3 aliphatic heterocycles. The number of hydrogen-bond donors (Lipinski definition) is 3. The Morgan fingerprint density at radius 3 is 2.97 bits per heavy atom. The predicted octanol–water partition coefficient (Wildman–Crippen LogP) is 3.81. The molecule has 178 valence electrons. The molecule has 2 bridgehead atoms. The van der Waals surface area contributed by atoms with Gasteiger partial charge in [-0.15, -0.1) is 0 Å². The number of hydroxylamine groups is 1. The van der Waals surface area contributed by atoms with E-state index in [1.165, 1.54) is 0 Å². The van der Waals surface area contributed by atoms with E-state index in [9.17, 15) is 0 Å². The van der Waals surface area contributed by atoms with Crippen LogP contribution in [0.25, 0.3) is 0 Å². The number of allylic oxidation sites excluding steroid dienone is 1. The fraction of sp³-hybridized carbons (Fsp3) is 0.200. The van der Waals surface area contributed by atoms with E-state index in [-0.39, 0.29) is 0 Å². The number of aliphatic imine (C=N–C) groups is 1. The highest BCUT2D eigenvalue weighted by atomic mass is 16.7. The van der Waals surface area contributed by atoms with Crippen molar-refractivity contribution in [1.29, 1.82) is 0 Å². The molecule has 4 heterocycles. The van der Waals surface area contributed by atoms with Gasteiger partial charge in [0.25, 0.3) is 0 Å². The highest BCUT2D eigenvalue weighted by molar-refractivity contribution is 5.85. The van der Waals surface area contributed by atoms with Gasteiger partial charge in [-0.05, 0) is 43.3 Å². The lowest BCUT2D eigenvalue weighted by atomic mass is 10.2. The molecule has 2 aromatic carbocycles. The van der Waals surface area contributed by atoms with Crippen LogP contribution in [0.2, 0.25) is 0 Å². The van der Waals surface area contributed by atoms with Crippen molar-refractivity contribution in [1.82, 2.24) is 10.5 Å². The fourth-order valence-electron chi connectivity index (χ4n) is 4.18. The number of hydrogen-bond acceptors (Lipinski definition) is 10. The molecule has 1 fully saturated rings. The van der Waals surface area contributed by atoms with Gasteiger partial charge in [-0.25, -0.2) is 15.3 Å². The normalized spacial score (nSPS) is 19.5. The first-order valence-electron chi connectivity index (χ1n) is 11.1. The number of nitrogens with zero attached hydrogens (tertiary/aromatic N) is 3. The zero-order chi connectivity index (χ0) is 23.8. The molecule has 6 rings (SSSR count). The second-order valence-electron chi connectivity index (χ2n) is 8.22. The van der Waals surface area contributed by atoms with E-state index in [1.54, 1.807) is 25.7 Å². The van der Waals surface area contributed by atoms with Crippen LogP contribution in [0, 0.1) is 0 Å². The van der Waals surface area contributed by atoms with Crippen LogP contribution in [0.1, 0.15) is 12.5 Å². The van der Waals surface area contributed by atoms with Gasteiger partial charge in [-0.2, -0.15) is 0 Å². The van der Waals surface area contributed by atoms with Crippen LogP contribution in [0.5, 0.6) is 17.2 Å². The number of rotatable bonds is 7. The van der Waals surface area contributed by atoms with Crippen molar-refractivity contribution in [2.45, 2.75) is 19.5 Å². The topological polar surface area (TPSA) is 102 Å². The molecule has 0 radical (unpaired) electrons. The van der Waals surface area contributed by atoms with Crippen LogP contribution in [-0.2, 0) is 11.4 Å². The molecule has 10 nitrogen and oxygen atoms in total. The van der Waals surface area contributed by atoms with Crippen molar-refractivity contribution >= 4 is 23.3 Å². The van der Waals surface area contributed by atoms with E-state index in [2.05, 4.69) is 21.1 Å². The lowest BCUT2D eigenvalue weighted by Gasteiger charge is -2.36. The van der Waals surface area contributed by atoms with E-state index >= 15 is 0 Å². The molecule has 3 aromatic rings. The summed E-state index contributed by atoms with van der Waals surface area (Å²) < 4.78 is 17.1. The summed E-state index contributed by atoms with van der Waals surface area (Å²) in [7, 11) is 1.61. The highest BCUT2D eigenvalue weighted by Gasteiger charge is 2.49. The van der Waals surface area contributed by atoms with Gasteiger partial charge in [0.2, 0.25) is 0 Å². The van der Waals surface area contributed by atoms with Gasteiger partial charge < -0.3 is 24.8 Å². The summed E-state index contributed by atoms with van der Waals surface area (Å²) >= 11 is 0. The molecule has 3 N–H and O–H groups in total. The fourth-order valence-corrected chi connectivity index (χ4v) is 4.18. The first kappa shape index (κ1) is 21.1.